The number of benzene rings is 1. The SMILES string of the molecule is CCOC(=O)OC1c2c(OC)ccc(F)c2CCN1C(C)=O. The Morgan fingerprint density at radius 2 is 2.14 bits per heavy atom. The predicted octanol–water partition coefficient (Wildman–Crippen LogP) is 2.41. The van der Waals surface area contributed by atoms with Crippen molar-refractivity contribution in [2.45, 2.75) is 26.5 Å². The summed E-state index contributed by atoms with van der Waals surface area (Å²) in [5, 5.41) is 0. The van der Waals surface area contributed by atoms with E-state index in [1.165, 1.54) is 31.1 Å². The first kappa shape index (κ1) is 16.1. The van der Waals surface area contributed by atoms with Crippen LogP contribution in [0, 0.1) is 5.82 Å². The third-order valence-corrected chi connectivity index (χ3v) is 3.49. The number of carbonyl (C=O) groups is 2. The van der Waals surface area contributed by atoms with Gasteiger partial charge in [0.15, 0.2) is 0 Å². The molecule has 7 heteroatoms. The van der Waals surface area contributed by atoms with Gasteiger partial charge in [-0.25, -0.2) is 9.18 Å². The molecule has 1 aromatic carbocycles. The summed E-state index contributed by atoms with van der Waals surface area (Å²) in [4.78, 5) is 24.8. The summed E-state index contributed by atoms with van der Waals surface area (Å²) in [6.07, 6.45) is -1.66. The molecule has 0 saturated carbocycles. The van der Waals surface area contributed by atoms with Crippen LogP contribution in [-0.2, 0) is 20.7 Å². The quantitative estimate of drug-likeness (QED) is 0.802. The molecule has 0 aromatic heterocycles. The number of amides is 1. The lowest BCUT2D eigenvalue weighted by molar-refractivity contribution is -0.142. The van der Waals surface area contributed by atoms with Gasteiger partial charge in [-0.15, -0.1) is 0 Å². The normalized spacial score (nSPS) is 16.7. The van der Waals surface area contributed by atoms with Crippen LogP contribution in [-0.4, -0.2) is 37.2 Å². The smallest absolute Gasteiger partial charge is 0.496 e. The van der Waals surface area contributed by atoms with E-state index in [1.54, 1.807) is 6.92 Å². The highest BCUT2D eigenvalue weighted by molar-refractivity contribution is 5.75. The number of ether oxygens (including phenoxy) is 3. The molecule has 120 valence electrons. The van der Waals surface area contributed by atoms with Crippen molar-refractivity contribution in [3.63, 3.8) is 0 Å². The number of rotatable bonds is 3. The fourth-order valence-electron chi connectivity index (χ4n) is 2.51. The Morgan fingerprint density at radius 1 is 1.41 bits per heavy atom. The molecule has 2 rings (SSSR count). The second-order valence-electron chi connectivity index (χ2n) is 4.76. The van der Waals surface area contributed by atoms with Crippen molar-refractivity contribution < 1.29 is 28.2 Å². The van der Waals surface area contributed by atoms with Gasteiger partial charge in [0, 0.05) is 19.0 Å². The zero-order valence-corrected chi connectivity index (χ0v) is 12.7. The average molecular weight is 311 g/mol. The maximum absolute atomic E-state index is 14.0. The predicted molar refractivity (Wildman–Crippen MR) is 74.9 cm³/mol. The molecule has 0 radical (unpaired) electrons. The van der Waals surface area contributed by atoms with Gasteiger partial charge in [0.2, 0.25) is 12.1 Å². The highest BCUT2D eigenvalue weighted by Gasteiger charge is 2.36. The van der Waals surface area contributed by atoms with E-state index < -0.39 is 18.2 Å². The molecule has 0 spiro atoms. The van der Waals surface area contributed by atoms with E-state index in [0.29, 0.717) is 23.3 Å². The summed E-state index contributed by atoms with van der Waals surface area (Å²) in [5.74, 6) is -0.348. The Kier molecular flexibility index (Phi) is 4.85. The molecule has 1 aliphatic heterocycles. The highest BCUT2D eigenvalue weighted by Crippen LogP contribution is 2.38. The van der Waals surface area contributed by atoms with Crippen molar-refractivity contribution in [2.75, 3.05) is 20.3 Å². The van der Waals surface area contributed by atoms with Crippen molar-refractivity contribution in [1.82, 2.24) is 4.90 Å². The summed E-state index contributed by atoms with van der Waals surface area (Å²) in [6.45, 7) is 3.38. The van der Waals surface area contributed by atoms with Crippen molar-refractivity contribution in [1.29, 1.82) is 0 Å². The number of hydrogen-bond donors (Lipinski definition) is 0. The van der Waals surface area contributed by atoms with Crippen LogP contribution in [0.2, 0.25) is 0 Å². The van der Waals surface area contributed by atoms with Gasteiger partial charge < -0.3 is 19.1 Å². The summed E-state index contributed by atoms with van der Waals surface area (Å²) >= 11 is 0. The molecule has 6 nitrogen and oxygen atoms in total. The van der Waals surface area contributed by atoms with Crippen molar-refractivity contribution in [2.24, 2.45) is 0 Å². The van der Waals surface area contributed by atoms with Crippen LogP contribution < -0.4 is 4.74 Å². The molecule has 0 aliphatic carbocycles. The molecule has 0 saturated heterocycles. The van der Waals surface area contributed by atoms with Crippen LogP contribution in [0.5, 0.6) is 5.75 Å². The largest absolute Gasteiger partial charge is 0.510 e. The van der Waals surface area contributed by atoms with E-state index in [4.69, 9.17) is 14.2 Å². The van der Waals surface area contributed by atoms with Gasteiger partial charge in [-0.2, -0.15) is 0 Å². The van der Waals surface area contributed by atoms with Gasteiger partial charge in [0.1, 0.15) is 11.6 Å². The molecule has 1 atom stereocenters. The molecule has 1 aromatic rings. The van der Waals surface area contributed by atoms with Gasteiger partial charge in [0.05, 0.1) is 19.3 Å². The molecule has 0 N–H and O–H groups in total. The second kappa shape index (κ2) is 6.64. The van der Waals surface area contributed by atoms with Gasteiger partial charge in [-0.1, -0.05) is 0 Å². The van der Waals surface area contributed by atoms with Crippen molar-refractivity contribution >= 4 is 12.1 Å². The Balaban J connectivity index is 2.48. The lowest BCUT2D eigenvalue weighted by Gasteiger charge is -2.36. The summed E-state index contributed by atoms with van der Waals surface area (Å²) in [7, 11) is 1.43. The minimum atomic E-state index is -1.06. The summed E-state index contributed by atoms with van der Waals surface area (Å²) < 4.78 is 29.3. The van der Waals surface area contributed by atoms with E-state index >= 15 is 0 Å². The molecular weight excluding hydrogens is 293 g/mol. The molecule has 1 amide bonds. The average Bonchev–Trinajstić information content (AvgIpc) is 2.48. The van der Waals surface area contributed by atoms with Crippen LogP contribution in [0.25, 0.3) is 0 Å². The monoisotopic (exact) mass is 311 g/mol. The number of halogens is 1. The van der Waals surface area contributed by atoms with Gasteiger partial charge >= 0.3 is 6.16 Å². The molecule has 1 heterocycles. The number of hydrogen-bond acceptors (Lipinski definition) is 5. The molecule has 22 heavy (non-hydrogen) atoms. The summed E-state index contributed by atoms with van der Waals surface area (Å²) in [5.41, 5.74) is 0.725. The molecule has 0 fully saturated rings. The molecule has 0 bridgehead atoms. The van der Waals surface area contributed by atoms with E-state index in [1.807, 2.05) is 0 Å². The molecular formula is C15H18FNO5. The fourth-order valence-corrected chi connectivity index (χ4v) is 2.51. The zero-order valence-electron chi connectivity index (χ0n) is 12.7. The number of methoxy groups -OCH3 is 1. The van der Waals surface area contributed by atoms with E-state index in [9.17, 15) is 14.0 Å². The molecule has 1 aliphatic rings. The van der Waals surface area contributed by atoms with Crippen LogP contribution >= 0.6 is 0 Å². The van der Waals surface area contributed by atoms with E-state index in [2.05, 4.69) is 0 Å². The Bertz CT molecular complexity index is 590. The van der Waals surface area contributed by atoms with Crippen molar-refractivity contribution in [3.05, 3.63) is 29.1 Å². The first-order valence-electron chi connectivity index (χ1n) is 6.95. The van der Waals surface area contributed by atoms with Crippen LogP contribution in [0.15, 0.2) is 12.1 Å². The zero-order chi connectivity index (χ0) is 16.3. The summed E-state index contributed by atoms with van der Waals surface area (Å²) in [6, 6.07) is 2.74. The maximum atomic E-state index is 14.0. The Labute approximate surface area is 127 Å². The van der Waals surface area contributed by atoms with Crippen LogP contribution in [0.3, 0.4) is 0 Å². The third kappa shape index (κ3) is 2.98. The minimum absolute atomic E-state index is 0.138. The number of fused-ring (bicyclic) bond motifs is 1. The van der Waals surface area contributed by atoms with Crippen molar-refractivity contribution in [3.8, 4) is 5.75 Å². The third-order valence-electron chi connectivity index (χ3n) is 3.49. The first-order chi connectivity index (χ1) is 10.5. The lowest BCUT2D eigenvalue weighted by atomic mass is 9.96. The maximum Gasteiger partial charge on any atom is 0.510 e. The van der Waals surface area contributed by atoms with Gasteiger partial charge in [0.25, 0.3) is 0 Å². The topological polar surface area (TPSA) is 65.1 Å². The number of carbonyl (C=O) groups excluding carboxylic acids is 2. The van der Waals surface area contributed by atoms with E-state index in [0.717, 1.165) is 0 Å². The standard InChI is InChI=1S/C15H18FNO5/c1-4-21-15(19)22-14-13-10(7-8-17(14)9(2)18)11(16)5-6-12(13)20-3/h5-6,14H,4,7-8H2,1-3H3. The minimum Gasteiger partial charge on any atom is -0.496 e. The second-order valence-corrected chi connectivity index (χ2v) is 4.76. The van der Waals surface area contributed by atoms with Crippen LogP contribution in [0.1, 0.15) is 31.2 Å². The van der Waals surface area contributed by atoms with Gasteiger partial charge in [-0.3, -0.25) is 4.79 Å². The number of nitrogens with zero attached hydrogens (tertiary/aromatic N) is 1. The Hall–Kier alpha value is -2.31. The molecule has 1 unspecified atom stereocenters. The Morgan fingerprint density at radius 3 is 2.73 bits per heavy atom. The first-order valence-corrected chi connectivity index (χ1v) is 6.95. The van der Waals surface area contributed by atoms with Crippen LogP contribution in [0.4, 0.5) is 9.18 Å². The highest BCUT2D eigenvalue weighted by atomic mass is 19.1. The lowest BCUT2D eigenvalue weighted by Crippen LogP contribution is -2.41. The van der Waals surface area contributed by atoms with E-state index in [-0.39, 0.29) is 19.1 Å². The fraction of sp³-hybridized carbons (Fsp3) is 0.467. The van der Waals surface area contributed by atoms with Gasteiger partial charge in [-0.05, 0) is 25.5 Å².